The van der Waals surface area contributed by atoms with Gasteiger partial charge in [-0.2, -0.15) is 4.72 Å². The molecule has 0 saturated carbocycles. The molecule has 0 bridgehead atoms. The molecule has 2 heterocycles. The molecule has 0 aliphatic carbocycles. The van der Waals surface area contributed by atoms with Crippen LogP contribution in [-0.2, 0) is 21.2 Å². The van der Waals surface area contributed by atoms with Crippen molar-refractivity contribution in [3.63, 3.8) is 0 Å². The minimum Gasteiger partial charge on any atom is -0.341 e. The molecule has 8 heteroatoms. The summed E-state index contributed by atoms with van der Waals surface area (Å²) in [6, 6.07) is 14.6. The lowest BCUT2D eigenvalue weighted by atomic mass is 9.90. The lowest BCUT2D eigenvalue weighted by Crippen LogP contribution is -2.51. The number of hydrogen-bond acceptors (Lipinski definition) is 5. The largest absolute Gasteiger partial charge is 0.341 e. The SMILES string of the molecule is Cc1nc2ccc(S(=O)(=O)NC(CC(C)C)C(=O)N3CCC(Cc4ccccc4)CC3)cc2s1. The summed E-state index contributed by atoms with van der Waals surface area (Å²) in [6.07, 6.45) is 3.35. The van der Waals surface area contributed by atoms with Gasteiger partial charge in [-0.3, -0.25) is 4.79 Å². The summed E-state index contributed by atoms with van der Waals surface area (Å²) in [7, 11) is -3.84. The maximum atomic E-state index is 13.4. The number of carbonyl (C=O) groups is 1. The topological polar surface area (TPSA) is 79.4 Å². The van der Waals surface area contributed by atoms with Gasteiger partial charge in [0.25, 0.3) is 0 Å². The van der Waals surface area contributed by atoms with Crippen molar-refractivity contribution in [2.45, 2.75) is 57.4 Å². The summed E-state index contributed by atoms with van der Waals surface area (Å²) in [4.78, 5) is 19.8. The van der Waals surface area contributed by atoms with Crippen LogP contribution in [0.1, 0.15) is 43.7 Å². The van der Waals surface area contributed by atoms with E-state index in [0.717, 1.165) is 34.5 Å². The van der Waals surface area contributed by atoms with Gasteiger partial charge in [0.05, 0.1) is 20.1 Å². The second-order valence-electron chi connectivity index (χ2n) is 9.62. The maximum absolute atomic E-state index is 13.4. The normalized spacial score (nSPS) is 16.3. The fraction of sp³-hybridized carbons (Fsp3) is 0.462. The smallest absolute Gasteiger partial charge is 0.241 e. The number of likely N-dealkylation sites (tertiary alicyclic amines) is 1. The van der Waals surface area contributed by atoms with Gasteiger partial charge in [0.2, 0.25) is 15.9 Å². The van der Waals surface area contributed by atoms with E-state index in [4.69, 9.17) is 0 Å². The van der Waals surface area contributed by atoms with Gasteiger partial charge in [-0.25, -0.2) is 13.4 Å². The molecule has 1 amide bonds. The molecule has 1 aromatic heterocycles. The third kappa shape index (κ3) is 6.03. The first-order chi connectivity index (χ1) is 16.2. The maximum Gasteiger partial charge on any atom is 0.241 e. The Balaban J connectivity index is 1.44. The van der Waals surface area contributed by atoms with E-state index in [1.165, 1.54) is 16.9 Å². The highest BCUT2D eigenvalue weighted by atomic mass is 32.2. The van der Waals surface area contributed by atoms with Gasteiger partial charge in [-0.1, -0.05) is 44.2 Å². The van der Waals surface area contributed by atoms with E-state index in [2.05, 4.69) is 34.0 Å². The van der Waals surface area contributed by atoms with Crippen molar-refractivity contribution < 1.29 is 13.2 Å². The van der Waals surface area contributed by atoms with E-state index in [1.54, 1.807) is 18.2 Å². The Morgan fingerprint density at radius 3 is 2.53 bits per heavy atom. The van der Waals surface area contributed by atoms with Crippen molar-refractivity contribution in [3.8, 4) is 0 Å². The van der Waals surface area contributed by atoms with Gasteiger partial charge in [0.1, 0.15) is 6.04 Å². The van der Waals surface area contributed by atoms with E-state index in [9.17, 15) is 13.2 Å². The number of nitrogens with one attached hydrogen (secondary N) is 1. The summed E-state index contributed by atoms with van der Waals surface area (Å²) in [6.45, 7) is 7.24. The first kappa shape index (κ1) is 24.8. The minimum atomic E-state index is -3.84. The van der Waals surface area contributed by atoms with E-state index in [0.29, 0.717) is 25.4 Å². The standard InChI is InChI=1S/C26H33N3O3S2/c1-18(2)15-24(28-34(31,32)22-9-10-23-25(17-22)33-19(3)27-23)26(30)29-13-11-21(12-14-29)16-20-7-5-4-6-8-20/h4-10,17-18,21,24,28H,11-16H2,1-3H3. The summed E-state index contributed by atoms with van der Waals surface area (Å²) >= 11 is 1.46. The molecule has 1 aliphatic rings. The molecule has 1 atom stereocenters. The average molecular weight is 500 g/mol. The molecule has 6 nitrogen and oxygen atoms in total. The number of nitrogens with zero attached hydrogens (tertiary/aromatic N) is 2. The van der Waals surface area contributed by atoms with Gasteiger partial charge in [-0.05, 0) is 68.2 Å². The molecule has 1 unspecified atom stereocenters. The zero-order chi connectivity index (χ0) is 24.3. The predicted molar refractivity (Wildman–Crippen MR) is 137 cm³/mol. The zero-order valence-electron chi connectivity index (χ0n) is 20.0. The number of aromatic nitrogens is 1. The lowest BCUT2D eigenvalue weighted by molar-refractivity contribution is -0.134. The second-order valence-corrected chi connectivity index (χ2v) is 12.6. The summed E-state index contributed by atoms with van der Waals surface area (Å²) in [5.74, 6) is 0.602. The number of benzene rings is 2. The van der Waals surface area contributed by atoms with Gasteiger partial charge in [0, 0.05) is 13.1 Å². The van der Waals surface area contributed by atoms with E-state index in [-0.39, 0.29) is 16.7 Å². The molecule has 34 heavy (non-hydrogen) atoms. The highest BCUT2D eigenvalue weighted by Crippen LogP contribution is 2.26. The average Bonchev–Trinajstić information content (AvgIpc) is 3.18. The number of aryl methyl sites for hydroxylation is 1. The Labute approximate surface area is 206 Å². The molecule has 3 aromatic rings. The number of amides is 1. The number of carbonyl (C=O) groups excluding carboxylic acids is 1. The predicted octanol–water partition coefficient (Wildman–Crippen LogP) is 4.78. The van der Waals surface area contributed by atoms with Crippen LogP contribution in [0.5, 0.6) is 0 Å². The van der Waals surface area contributed by atoms with Crippen LogP contribution >= 0.6 is 11.3 Å². The summed E-state index contributed by atoms with van der Waals surface area (Å²) in [5, 5.41) is 0.890. The molecule has 1 aliphatic heterocycles. The molecule has 0 radical (unpaired) electrons. The number of sulfonamides is 1. The number of hydrogen-bond donors (Lipinski definition) is 1. The van der Waals surface area contributed by atoms with Crippen molar-refractivity contribution >= 4 is 37.5 Å². The first-order valence-corrected chi connectivity index (χ1v) is 14.2. The van der Waals surface area contributed by atoms with E-state index < -0.39 is 16.1 Å². The van der Waals surface area contributed by atoms with Crippen LogP contribution < -0.4 is 4.72 Å². The van der Waals surface area contributed by atoms with Crippen LogP contribution in [0.2, 0.25) is 0 Å². The Kier molecular flexibility index (Phi) is 7.70. The number of fused-ring (bicyclic) bond motifs is 1. The van der Waals surface area contributed by atoms with Crippen molar-refractivity contribution in [2.75, 3.05) is 13.1 Å². The third-order valence-corrected chi connectivity index (χ3v) is 8.78. The van der Waals surface area contributed by atoms with Crippen LogP contribution in [0.25, 0.3) is 10.2 Å². The van der Waals surface area contributed by atoms with Gasteiger partial charge in [0.15, 0.2) is 0 Å². The summed E-state index contributed by atoms with van der Waals surface area (Å²) in [5.41, 5.74) is 2.11. The molecule has 4 rings (SSSR count). The first-order valence-electron chi connectivity index (χ1n) is 11.9. The summed E-state index contributed by atoms with van der Waals surface area (Å²) < 4.78 is 30.0. The van der Waals surface area contributed by atoms with Crippen molar-refractivity contribution in [1.29, 1.82) is 0 Å². The highest BCUT2D eigenvalue weighted by Gasteiger charge is 2.32. The van der Waals surface area contributed by atoms with Crippen molar-refractivity contribution in [1.82, 2.24) is 14.6 Å². The van der Waals surface area contributed by atoms with Gasteiger partial charge in [-0.15, -0.1) is 11.3 Å². The van der Waals surface area contributed by atoms with Crippen molar-refractivity contribution in [2.24, 2.45) is 11.8 Å². The number of thiazole rings is 1. The monoisotopic (exact) mass is 499 g/mol. The zero-order valence-corrected chi connectivity index (χ0v) is 21.7. The molecular weight excluding hydrogens is 466 g/mol. The van der Waals surface area contributed by atoms with Crippen LogP contribution in [0.15, 0.2) is 53.4 Å². The van der Waals surface area contributed by atoms with Crippen LogP contribution in [-0.4, -0.2) is 43.3 Å². The molecular formula is C26H33N3O3S2. The number of piperidine rings is 1. The van der Waals surface area contributed by atoms with Crippen molar-refractivity contribution in [3.05, 3.63) is 59.1 Å². The quantitative estimate of drug-likeness (QED) is 0.484. The lowest BCUT2D eigenvalue weighted by Gasteiger charge is -2.35. The molecule has 1 N–H and O–H groups in total. The van der Waals surface area contributed by atoms with Gasteiger partial charge >= 0.3 is 0 Å². The van der Waals surface area contributed by atoms with E-state index >= 15 is 0 Å². The Bertz CT molecular complexity index is 1230. The Hall–Kier alpha value is -2.29. The Morgan fingerprint density at radius 2 is 1.85 bits per heavy atom. The van der Waals surface area contributed by atoms with Crippen LogP contribution in [0.4, 0.5) is 0 Å². The molecule has 1 saturated heterocycles. The fourth-order valence-electron chi connectivity index (χ4n) is 4.64. The van der Waals surface area contributed by atoms with Crippen LogP contribution in [0, 0.1) is 18.8 Å². The minimum absolute atomic E-state index is 0.120. The van der Waals surface area contributed by atoms with Crippen LogP contribution in [0.3, 0.4) is 0 Å². The molecule has 0 spiro atoms. The molecule has 182 valence electrons. The Morgan fingerprint density at radius 1 is 1.15 bits per heavy atom. The fourth-order valence-corrected chi connectivity index (χ4v) is 6.81. The molecule has 1 fully saturated rings. The van der Waals surface area contributed by atoms with E-state index in [1.807, 2.05) is 31.7 Å². The number of rotatable bonds is 8. The third-order valence-electron chi connectivity index (χ3n) is 6.37. The highest BCUT2D eigenvalue weighted by molar-refractivity contribution is 7.89. The second kappa shape index (κ2) is 10.5. The van der Waals surface area contributed by atoms with Gasteiger partial charge < -0.3 is 4.90 Å². The molecule has 2 aromatic carbocycles.